The molecular weight excluding hydrogens is 570 g/mol. The maximum Gasteiger partial charge on any atom is 0.298 e. The largest absolute Gasteiger partial charge is 0.506 e. The summed E-state index contributed by atoms with van der Waals surface area (Å²) in [6.07, 6.45) is 1.38. The fourth-order valence-corrected chi connectivity index (χ4v) is 6.44. The molecule has 0 spiro atoms. The van der Waals surface area contributed by atoms with Gasteiger partial charge < -0.3 is 10.0 Å². The normalized spacial score (nSPS) is 14.3. The second kappa shape index (κ2) is 11.2. The van der Waals surface area contributed by atoms with Crippen LogP contribution in [0.25, 0.3) is 27.8 Å². The summed E-state index contributed by atoms with van der Waals surface area (Å²) < 4.78 is 28.6. The summed E-state index contributed by atoms with van der Waals surface area (Å²) in [5, 5.41) is 17.4. The van der Waals surface area contributed by atoms with Crippen molar-refractivity contribution in [2.75, 3.05) is 13.1 Å². The van der Waals surface area contributed by atoms with Crippen molar-refractivity contribution >= 4 is 39.8 Å². The number of nitrogens with zero attached hydrogens (tertiary/aromatic N) is 4. The van der Waals surface area contributed by atoms with Crippen molar-refractivity contribution in [2.24, 2.45) is 0 Å². The van der Waals surface area contributed by atoms with Crippen LogP contribution in [0.5, 0.6) is 0 Å². The molecule has 6 rings (SSSR count). The van der Waals surface area contributed by atoms with E-state index < -0.39 is 11.8 Å². The van der Waals surface area contributed by atoms with E-state index in [1.807, 2.05) is 17.0 Å². The van der Waals surface area contributed by atoms with Gasteiger partial charge >= 0.3 is 0 Å². The molecule has 0 atom stereocenters. The molecule has 1 saturated heterocycles. The van der Waals surface area contributed by atoms with Crippen LogP contribution in [0, 0.1) is 0 Å². The Morgan fingerprint density at radius 3 is 2.35 bits per heavy atom. The molecule has 10 heteroatoms. The maximum atomic E-state index is 13.7. The third-order valence-corrected chi connectivity index (χ3v) is 8.79. The molecule has 0 bridgehead atoms. The Hall–Kier alpha value is -4.70. The molecule has 1 N–H and O–H groups in total. The van der Waals surface area contributed by atoms with Crippen LogP contribution >= 0.6 is 11.3 Å². The van der Waals surface area contributed by atoms with Crippen LogP contribution in [0.15, 0.2) is 84.8 Å². The van der Waals surface area contributed by atoms with E-state index in [2.05, 4.69) is 16.7 Å². The second-order valence-corrected chi connectivity index (χ2v) is 11.6. The molecule has 3 heterocycles. The monoisotopic (exact) mass is 598 g/mol. The number of halogens is 2. The van der Waals surface area contributed by atoms with Gasteiger partial charge in [-0.15, -0.1) is 11.3 Å². The minimum absolute atomic E-state index is 0.0760. The lowest BCUT2D eigenvalue weighted by Gasteiger charge is -2.31. The summed E-state index contributed by atoms with van der Waals surface area (Å²) in [4.78, 5) is 33.4. The summed E-state index contributed by atoms with van der Waals surface area (Å²) in [5.41, 5.74) is 2.91. The van der Waals surface area contributed by atoms with Crippen LogP contribution in [0.1, 0.15) is 62.8 Å². The highest BCUT2D eigenvalue weighted by Gasteiger charge is 2.29. The lowest BCUT2D eigenvalue weighted by molar-refractivity contribution is 0.0175. The number of amides is 1. The highest BCUT2D eigenvalue weighted by atomic mass is 32.1. The van der Waals surface area contributed by atoms with Gasteiger partial charge in [0.1, 0.15) is 17.1 Å². The van der Waals surface area contributed by atoms with Crippen LogP contribution in [0.4, 0.5) is 8.78 Å². The minimum Gasteiger partial charge on any atom is -0.506 e. The molecule has 0 aliphatic carbocycles. The molecule has 1 fully saturated rings. The molecule has 1 aliphatic rings. The highest BCUT2D eigenvalue weighted by molar-refractivity contribution is 7.09. The number of carbonyl (C=O) groups excluding carboxylic acids is 2. The zero-order chi connectivity index (χ0) is 30.3. The van der Waals surface area contributed by atoms with Gasteiger partial charge in [0.2, 0.25) is 0 Å². The number of aliphatic hydroxyl groups is 1. The standard InChI is InChI=1S/C33H28F2N4O3S/c1-20(40)29-26-9-5-6-10-28(26)39(37-29)32(42)27-19-43-30(36-27)22-15-17-38(18-16-22)31(41)25-8-4-3-7-24(25)21-11-13-23(14-12-21)33(2,34)35/h3-14,19,22,40H,1,15-18H2,2H3. The zero-order valence-corrected chi connectivity index (χ0v) is 24.2. The third kappa shape index (κ3) is 5.46. The molecular formula is C33H28F2N4O3S. The average Bonchev–Trinajstić information content (AvgIpc) is 3.66. The first-order chi connectivity index (χ1) is 20.6. The smallest absolute Gasteiger partial charge is 0.298 e. The van der Waals surface area contributed by atoms with Crippen molar-refractivity contribution in [2.45, 2.75) is 31.6 Å². The Kier molecular flexibility index (Phi) is 7.39. The topological polar surface area (TPSA) is 88.3 Å². The van der Waals surface area contributed by atoms with Gasteiger partial charge in [-0.2, -0.15) is 9.78 Å². The molecule has 0 radical (unpaired) electrons. The lowest BCUT2D eigenvalue weighted by Crippen LogP contribution is -2.38. The molecule has 7 nitrogen and oxygen atoms in total. The molecule has 2 aromatic heterocycles. The van der Waals surface area contributed by atoms with Gasteiger partial charge in [0.25, 0.3) is 17.7 Å². The fraction of sp³-hybridized carbons (Fsp3) is 0.212. The van der Waals surface area contributed by atoms with E-state index in [0.29, 0.717) is 53.5 Å². The lowest BCUT2D eigenvalue weighted by atomic mass is 9.94. The molecule has 1 amide bonds. The van der Waals surface area contributed by atoms with Crippen LogP contribution in [0.3, 0.4) is 0 Å². The Labute approximate surface area is 250 Å². The fourth-order valence-electron chi connectivity index (χ4n) is 5.48. The first kappa shape index (κ1) is 28.4. The molecule has 0 saturated carbocycles. The molecule has 218 valence electrons. The van der Waals surface area contributed by atoms with E-state index in [0.717, 1.165) is 11.9 Å². The van der Waals surface area contributed by atoms with Gasteiger partial charge in [0, 0.05) is 47.8 Å². The van der Waals surface area contributed by atoms with Gasteiger partial charge in [0.15, 0.2) is 0 Å². The predicted molar refractivity (Wildman–Crippen MR) is 163 cm³/mol. The number of piperidine rings is 1. The first-order valence-corrected chi connectivity index (χ1v) is 14.7. The predicted octanol–water partition coefficient (Wildman–Crippen LogP) is 7.51. The number of rotatable bonds is 6. The van der Waals surface area contributed by atoms with Crippen molar-refractivity contribution in [3.05, 3.63) is 112 Å². The van der Waals surface area contributed by atoms with Gasteiger partial charge in [-0.25, -0.2) is 13.8 Å². The van der Waals surface area contributed by atoms with E-state index in [1.165, 1.54) is 28.2 Å². The first-order valence-electron chi connectivity index (χ1n) is 13.8. The summed E-state index contributed by atoms with van der Waals surface area (Å²) in [7, 11) is 0. The van der Waals surface area contributed by atoms with Gasteiger partial charge in [-0.1, -0.05) is 67.2 Å². The maximum absolute atomic E-state index is 13.7. The number of likely N-dealkylation sites (tertiary alicyclic amines) is 1. The van der Waals surface area contributed by atoms with Crippen molar-refractivity contribution in [1.82, 2.24) is 19.7 Å². The van der Waals surface area contributed by atoms with Crippen molar-refractivity contribution in [1.29, 1.82) is 0 Å². The number of thiazole rings is 1. The van der Waals surface area contributed by atoms with Crippen LogP contribution in [-0.4, -0.2) is 49.7 Å². The van der Waals surface area contributed by atoms with Crippen molar-refractivity contribution in [3.8, 4) is 11.1 Å². The van der Waals surface area contributed by atoms with E-state index in [1.54, 1.807) is 53.9 Å². The van der Waals surface area contributed by atoms with Crippen LogP contribution in [-0.2, 0) is 5.92 Å². The number of hydrogen-bond acceptors (Lipinski definition) is 6. The Morgan fingerprint density at radius 1 is 0.977 bits per heavy atom. The van der Waals surface area contributed by atoms with E-state index in [-0.39, 0.29) is 34.5 Å². The molecule has 43 heavy (non-hydrogen) atoms. The minimum atomic E-state index is -2.93. The van der Waals surface area contributed by atoms with Crippen molar-refractivity contribution in [3.63, 3.8) is 0 Å². The summed E-state index contributed by atoms with van der Waals surface area (Å²) >= 11 is 1.41. The van der Waals surface area contributed by atoms with Crippen LogP contribution < -0.4 is 0 Å². The van der Waals surface area contributed by atoms with Gasteiger partial charge in [0.05, 0.1) is 10.5 Å². The Morgan fingerprint density at radius 2 is 1.65 bits per heavy atom. The molecule has 1 aliphatic heterocycles. The Balaban J connectivity index is 1.15. The van der Waals surface area contributed by atoms with E-state index >= 15 is 0 Å². The Bertz CT molecular complexity index is 1850. The summed E-state index contributed by atoms with van der Waals surface area (Å²) in [6, 6.07) is 20.4. The molecule has 5 aromatic rings. The highest BCUT2D eigenvalue weighted by Crippen LogP contribution is 2.34. The summed E-state index contributed by atoms with van der Waals surface area (Å²) in [5.74, 6) is -3.57. The quantitative estimate of drug-likeness (QED) is 0.204. The van der Waals surface area contributed by atoms with Gasteiger partial charge in [-0.3, -0.25) is 9.59 Å². The van der Waals surface area contributed by atoms with E-state index in [4.69, 9.17) is 0 Å². The second-order valence-electron chi connectivity index (χ2n) is 10.7. The van der Waals surface area contributed by atoms with Crippen molar-refractivity contribution < 1.29 is 23.5 Å². The number of carbonyl (C=O) groups is 2. The molecule has 3 aromatic carbocycles. The molecule has 0 unspecified atom stereocenters. The third-order valence-electron chi connectivity index (χ3n) is 7.79. The van der Waals surface area contributed by atoms with Crippen LogP contribution in [0.2, 0.25) is 0 Å². The average molecular weight is 599 g/mol. The number of benzene rings is 3. The number of fused-ring (bicyclic) bond motifs is 1. The number of hydrogen-bond donors (Lipinski definition) is 1. The SMILES string of the molecule is C=C(O)c1nn(C(=O)c2csc(C3CCN(C(=O)c4ccccc4-c4ccc(C(C)(F)F)cc4)CC3)n2)c2ccccc12. The number of para-hydroxylation sites is 1. The zero-order valence-electron chi connectivity index (χ0n) is 23.3. The number of alkyl halides is 2. The summed E-state index contributed by atoms with van der Waals surface area (Å²) in [6.45, 7) is 5.46. The van der Waals surface area contributed by atoms with E-state index in [9.17, 15) is 23.5 Å². The van der Waals surface area contributed by atoms with Gasteiger partial charge in [-0.05, 0) is 36.1 Å². The number of aromatic nitrogens is 3. The number of aliphatic hydroxyl groups excluding tert-OH is 1.